The predicted molar refractivity (Wildman–Crippen MR) is 131 cm³/mol. The van der Waals surface area contributed by atoms with Gasteiger partial charge in [0, 0.05) is 30.1 Å². The van der Waals surface area contributed by atoms with E-state index in [1.807, 2.05) is 47.9 Å². The summed E-state index contributed by atoms with van der Waals surface area (Å²) in [6, 6.07) is 15.1. The maximum absolute atomic E-state index is 13.3. The lowest BCUT2D eigenvalue weighted by molar-refractivity contribution is 0.0730. The van der Waals surface area contributed by atoms with E-state index < -0.39 is 10.0 Å². The lowest BCUT2D eigenvalue weighted by atomic mass is 10.1. The number of aromatic nitrogens is 3. The van der Waals surface area contributed by atoms with Gasteiger partial charge in [-0.25, -0.2) is 8.42 Å². The normalized spacial score (nSPS) is 14.9. The quantitative estimate of drug-likeness (QED) is 0.367. The number of allylic oxidation sites excluding steroid dienone is 1. The molecule has 0 atom stereocenters. The molecular weight excluding hydrogens is 456 g/mol. The van der Waals surface area contributed by atoms with Crippen LogP contribution in [0.4, 0.5) is 0 Å². The van der Waals surface area contributed by atoms with Crippen LogP contribution in [-0.2, 0) is 14.8 Å². The SMILES string of the molecule is CC(C)=CCSc1nnc(-c2cc(S(=O)(=O)N3CCOCC3)ccc2C)n1-c1ccccc1. The lowest BCUT2D eigenvalue weighted by Crippen LogP contribution is -2.40. The molecule has 33 heavy (non-hydrogen) atoms. The molecular formula is C24H28N4O3S2. The second-order valence-corrected chi connectivity index (χ2v) is 11.0. The van der Waals surface area contributed by atoms with Crippen molar-refractivity contribution in [2.75, 3.05) is 32.1 Å². The van der Waals surface area contributed by atoms with Gasteiger partial charge in [0.1, 0.15) is 0 Å². The summed E-state index contributed by atoms with van der Waals surface area (Å²) in [6.07, 6.45) is 2.15. The summed E-state index contributed by atoms with van der Waals surface area (Å²) in [7, 11) is -3.62. The standard InChI is InChI=1S/C24H28N4O3S2/c1-18(2)11-16-32-24-26-25-23(28(24)20-7-5-4-6-8-20)22-17-21(10-9-19(22)3)33(29,30)27-12-14-31-15-13-27/h4-11,17H,12-16H2,1-3H3. The van der Waals surface area contributed by atoms with Gasteiger partial charge in [-0.1, -0.05) is 47.7 Å². The third-order valence-electron chi connectivity index (χ3n) is 5.41. The summed E-state index contributed by atoms with van der Waals surface area (Å²) in [5.41, 5.74) is 3.85. The van der Waals surface area contributed by atoms with Gasteiger partial charge in [0.2, 0.25) is 10.0 Å². The van der Waals surface area contributed by atoms with Crippen molar-refractivity contribution in [3.63, 3.8) is 0 Å². The summed E-state index contributed by atoms with van der Waals surface area (Å²) < 4.78 is 35.3. The number of aryl methyl sites for hydroxylation is 1. The van der Waals surface area contributed by atoms with E-state index >= 15 is 0 Å². The highest BCUT2D eigenvalue weighted by molar-refractivity contribution is 7.99. The van der Waals surface area contributed by atoms with E-state index in [4.69, 9.17) is 4.74 Å². The first-order chi connectivity index (χ1) is 15.9. The molecule has 9 heteroatoms. The lowest BCUT2D eigenvalue weighted by Gasteiger charge is -2.26. The monoisotopic (exact) mass is 484 g/mol. The zero-order chi connectivity index (χ0) is 23.4. The van der Waals surface area contributed by atoms with Crippen LogP contribution >= 0.6 is 11.8 Å². The Balaban J connectivity index is 1.79. The second-order valence-electron chi connectivity index (χ2n) is 8.06. The van der Waals surface area contributed by atoms with Crippen molar-refractivity contribution in [3.8, 4) is 17.1 Å². The maximum Gasteiger partial charge on any atom is 0.243 e. The second kappa shape index (κ2) is 10.2. The van der Waals surface area contributed by atoms with Crippen molar-refractivity contribution in [2.45, 2.75) is 30.8 Å². The average Bonchev–Trinajstić information content (AvgIpc) is 3.23. The fourth-order valence-corrected chi connectivity index (χ4v) is 5.99. The van der Waals surface area contributed by atoms with E-state index in [2.05, 4.69) is 30.1 Å². The maximum atomic E-state index is 13.3. The molecule has 0 radical (unpaired) electrons. The van der Waals surface area contributed by atoms with Crippen LogP contribution in [0.3, 0.4) is 0 Å². The van der Waals surface area contributed by atoms with Crippen molar-refractivity contribution < 1.29 is 13.2 Å². The molecule has 0 saturated carbocycles. The molecule has 2 aromatic carbocycles. The Kier molecular flexibility index (Phi) is 7.33. The molecule has 7 nitrogen and oxygen atoms in total. The van der Waals surface area contributed by atoms with Crippen LogP contribution in [0.2, 0.25) is 0 Å². The van der Waals surface area contributed by atoms with Crippen molar-refractivity contribution >= 4 is 21.8 Å². The van der Waals surface area contributed by atoms with Crippen LogP contribution in [0.1, 0.15) is 19.4 Å². The van der Waals surface area contributed by atoms with Crippen LogP contribution in [0.15, 0.2) is 70.2 Å². The molecule has 174 valence electrons. The summed E-state index contributed by atoms with van der Waals surface area (Å²) in [5, 5.41) is 9.72. The molecule has 1 aromatic heterocycles. The van der Waals surface area contributed by atoms with Gasteiger partial charge in [-0.2, -0.15) is 4.31 Å². The fraction of sp³-hybridized carbons (Fsp3) is 0.333. The first-order valence-electron chi connectivity index (χ1n) is 10.8. The molecule has 1 aliphatic rings. The van der Waals surface area contributed by atoms with Gasteiger partial charge in [0.05, 0.1) is 18.1 Å². The number of hydrogen-bond donors (Lipinski definition) is 0. The number of nitrogens with zero attached hydrogens (tertiary/aromatic N) is 4. The minimum Gasteiger partial charge on any atom is -0.379 e. The van der Waals surface area contributed by atoms with Gasteiger partial charge >= 0.3 is 0 Å². The van der Waals surface area contributed by atoms with Crippen molar-refractivity contribution in [1.29, 1.82) is 0 Å². The number of rotatable bonds is 7. The predicted octanol–water partition coefficient (Wildman–Crippen LogP) is 4.32. The molecule has 0 aliphatic carbocycles. The van der Waals surface area contributed by atoms with Gasteiger partial charge in [-0.15, -0.1) is 10.2 Å². The third kappa shape index (κ3) is 5.22. The molecule has 1 fully saturated rings. The molecule has 0 N–H and O–H groups in total. The summed E-state index contributed by atoms with van der Waals surface area (Å²) in [5.74, 6) is 1.40. The van der Waals surface area contributed by atoms with Crippen molar-refractivity contribution in [1.82, 2.24) is 19.1 Å². The van der Waals surface area contributed by atoms with E-state index in [1.54, 1.807) is 23.9 Å². The van der Waals surface area contributed by atoms with Crippen molar-refractivity contribution in [2.24, 2.45) is 0 Å². The van der Waals surface area contributed by atoms with Crippen molar-refractivity contribution in [3.05, 3.63) is 65.7 Å². The minimum absolute atomic E-state index is 0.256. The van der Waals surface area contributed by atoms with Crippen LogP contribution in [0.25, 0.3) is 17.1 Å². The largest absolute Gasteiger partial charge is 0.379 e. The number of sulfonamides is 1. The molecule has 1 saturated heterocycles. The topological polar surface area (TPSA) is 77.3 Å². The molecule has 1 aliphatic heterocycles. The van der Waals surface area contributed by atoms with E-state index in [9.17, 15) is 8.42 Å². The number of para-hydroxylation sites is 1. The Morgan fingerprint density at radius 1 is 1.09 bits per heavy atom. The van der Waals surface area contributed by atoms with Gasteiger partial charge < -0.3 is 4.74 Å². The Bertz CT molecular complexity index is 1240. The zero-order valence-electron chi connectivity index (χ0n) is 19.1. The zero-order valence-corrected chi connectivity index (χ0v) is 20.7. The third-order valence-corrected chi connectivity index (χ3v) is 8.16. The molecule has 2 heterocycles. The molecule has 0 unspecified atom stereocenters. The van der Waals surface area contributed by atoms with Gasteiger partial charge in [-0.05, 0) is 50.6 Å². The number of ether oxygens (including phenoxy) is 1. The summed E-state index contributed by atoms with van der Waals surface area (Å²) in [6.45, 7) is 7.63. The highest BCUT2D eigenvalue weighted by Gasteiger charge is 2.28. The van der Waals surface area contributed by atoms with E-state index in [1.165, 1.54) is 9.88 Å². The Morgan fingerprint density at radius 3 is 2.52 bits per heavy atom. The number of morpholine rings is 1. The highest BCUT2D eigenvalue weighted by Crippen LogP contribution is 2.32. The molecule has 0 amide bonds. The molecule has 0 bridgehead atoms. The Labute approximate surface area is 199 Å². The van der Waals surface area contributed by atoms with Crippen LogP contribution < -0.4 is 0 Å². The summed E-state index contributed by atoms with van der Waals surface area (Å²) >= 11 is 1.60. The van der Waals surface area contributed by atoms with E-state index in [0.717, 1.165) is 27.7 Å². The summed E-state index contributed by atoms with van der Waals surface area (Å²) in [4.78, 5) is 0.256. The first kappa shape index (κ1) is 23.7. The smallest absolute Gasteiger partial charge is 0.243 e. The van der Waals surface area contributed by atoms with E-state index in [-0.39, 0.29) is 4.90 Å². The molecule has 0 spiro atoms. The number of thioether (sulfide) groups is 1. The first-order valence-corrected chi connectivity index (χ1v) is 13.3. The van der Waals surface area contributed by atoms with Gasteiger partial charge in [0.15, 0.2) is 11.0 Å². The van der Waals surface area contributed by atoms with Crippen LogP contribution in [0.5, 0.6) is 0 Å². The molecule has 3 aromatic rings. The van der Waals surface area contributed by atoms with Crippen LogP contribution in [-0.4, -0.2) is 59.5 Å². The van der Waals surface area contributed by atoms with E-state index in [0.29, 0.717) is 32.1 Å². The number of hydrogen-bond acceptors (Lipinski definition) is 6. The molecule has 4 rings (SSSR count). The number of benzene rings is 2. The van der Waals surface area contributed by atoms with Crippen LogP contribution in [0, 0.1) is 6.92 Å². The Hall–Kier alpha value is -2.46. The van der Waals surface area contributed by atoms with Gasteiger partial charge in [0.25, 0.3) is 0 Å². The highest BCUT2D eigenvalue weighted by atomic mass is 32.2. The van der Waals surface area contributed by atoms with Gasteiger partial charge in [-0.3, -0.25) is 4.57 Å². The minimum atomic E-state index is -3.62. The average molecular weight is 485 g/mol. The fourth-order valence-electron chi connectivity index (χ4n) is 3.57. The Morgan fingerprint density at radius 2 is 1.82 bits per heavy atom.